The van der Waals surface area contributed by atoms with Crippen LogP contribution in [0.3, 0.4) is 0 Å². The first-order chi connectivity index (χ1) is 15.6. The smallest absolute Gasteiger partial charge is 0.339 e. The van der Waals surface area contributed by atoms with Gasteiger partial charge in [-0.25, -0.2) is 4.79 Å². The molecule has 0 spiro atoms. The van der Waals surface area contributed by atoms with Crippen LogP contribution in [0.1, 0.15) is 81.8 Å². The maximum absolute atomic E-state index is 13.0. The molecule has 1 amide bonds. The van der Waals surface area contributed by atoms with E-state index in [1.54, 1.807) is 18.2 Å². The van der Waals surface area contributed by atoms with Gasteiger partial charge in [0.2, 0.25) is 0 Å². The Balaban J connectivity index is 1.34. The standard InChI is InChI=1S/C25H26N4O3/c1-16(23-28-27-22-10-6-3-7-13-29(22)23)26-24(30)18-11-12-20-19(14-18)15-21(32-25(20)31)17-8-4-2-5-9-17/h2,4-5,8-9,11-12,14,16,21H,3,6-7,10,13,15H2,1H3,(H,26,30)/t16-,21+/m0/s1. The van der Waals surface area contributed by atoms with Crippen LogP contribution in [0.4, 0.5) is 0 Å². The Morgan fingerprint density at radius 3 is 2.81 bits per heavy atom. The molecule has 0 bridgehead atoms. The molecule has 0 saturated heterocycles. The van der Waals surface area contributed by atoms with Gasteiger partial charge < -0.3 is 14.6 Å². The SMILES string of the molecule is C[C@H](NC(=O)c1ccc2c(c1)C[C@H](c1ccccc1)OC2=O)c1nnc2n1CCCCC2. The topological polar surface area (TPSA) is 86.1 Å². The summed E-state index contributed by atoms with van der Waals surface area (Å²) >= 11 is 0. The second-order valence-corrected chi connectivity index (χ2v) is 8.51. The van der Waals surface area contributed by atoms with Gasteiger partial charge in [-0.3, -0.25) is 4.79 Å². The Morgan fingerprint density at radius 2 is 1.97 bits per heavy atom. The van der Waals surface area contributed by atoms with Gasteiger partial charge in [0.1, 0.15) is 11.9 Å². The lowest BCUT2D eigenvalue weighted by Gasteiger charge is -2.25. The van der Waals surface area contributed by atoms with Crippen LogP contribution in [0.5, 0.6) is 0 Å². The molecule has 1 N–H and O–H groups in total. The van der Waals surface area contributed by atoms with Crippen molar-refractivity contribution in [2.45, 2.75) is 57.7 Å². The number of esters is 1. The van der Waals surface area contributed by atoms with Crippen LogP contribution >= 0.6 is 0 Å². The zero-order valence-electron chi connectivity index (χ0n) is 18.1. The number of nitrogens with one attached hydrogen (secondary N) is 1. The highest BCUT2D eigenvalue weighted by atomic mass is 16.5. The first kappa shape index (κ1) is 20.4. The van der Waals surface area contributed by atoms with Crippen molar-refractivity contribution in [3.05, 3.63) is 82.4 Å². The zero-order valence-corrected chi connectivity index (χ0v) is 18.1. The Labute approximate surface area is 186 Å². The van der Waals surface area contributed by atoms with E-state index < -0.39 is 0 Å². The summed E-state index contributed by atoms with van der Waals surface area (Å²) < 4.78 is 7.76. The van der Waals surface area contributed by atoms with E-state index in [-0.39, 0.29) is 24.0 Å². The number of cyclic esters (lactones) is 1. The van der Waals surface area contributed by atoms with Crippen LogP contribution in [0.25, 0.3) is 0 Å². The van der Waals surface area contributed by atoms with Gasteiger partial charge in [-0.2, -0.15) is 0 Å². The third-order valence-electron chi connectivity index (χ3n) is 6.29. The van der Waals surface area contributed by atoms with E-state index in [0.717, 1.165) is 48.6 Å². The maximum Gasteiger partial charge on any atom is 0.339 e. The molecule has 32 heavy (non-hydrogen) atoms. The van der Waals surface area contributed by atoms with Crippen molar-refractivity contribution in [3.8, 4) is 0 Å². The van der Waals surface area contributed by atoms with Gasteiger partial charge in [0.25, 0.3) is 5.91 Å². The fourth-order valence-electron chi connectivity index (χ4n) is 4.56. The van der Waals surface area contributed by atoms with Crippen LogP contribution in [0, 0.1) is 0 Å². The van der Waals surface area contributed by atoms with Gasteiger partial charge in [0.15, 0.2) is 5.82 Å². The number of fused-ring (bicyclic) bond motifs is 2. The van der Waals surface area contributed by atoms with Crippen LogP contribution in [-0.2, 0) is 24.1 Å². The predicted molar refractivity (Wildman–Crippen MR) is 118 cm³/mol. The highest BCUT2D eigenvalue weighted by molar-refractivity contribution is 5.98. The third-order valence-corrected chi connectivity index (χ3v) is 6.29. The van der Waals surface area contributed by atoms with E-state index in [0.29, 0.717) is 17.5 Å². The molecule has 7 nitrogen and oxygen atoms in total. The Bertz CT molecular complexity index is 1160. The number of carbonyl (C=O) groups excluding carboxylic acids is 2. The van der Waals surface area contributed by atoms with Gasteiger partial charge >= 0.3 is 5.97 Å². The summed E-state index contributed by atoms with van der Waals surface area (Å²) in [5.74, 6) is 1.24. The fraction of sp³-hybridized carbons (Fsp3) is 0.360. The molecule has 0 saturated carbocycles. The second-order valence-electron chi connectivity index (χ2n) is 8.51. The average molecular weight is 431 g/mol. The molecule has 0 unspecified atom stereocenters. The van der Waals surface area contributed by atoms with Crippen molar-refractivity contribution >= 4 is 11.9 Å². The minimum atomic E-state index is -0.355. The first-order valence-electron chi connectivity index (χ1n) is 11.2. The van der Waals surface area contributed by atoms with Crippen LogP contribution in [0.15, 0.2) is 48.5 Å². The number of hydrogen-bond donors (Lipinski definition) is 1. The van der Waals surface area contributed by atoms with Crippen molar-refractivity contribution in [3.63, 3.8) is 0 Å². The molecule has 2 aliphatic rings. The zero-order chi connectivity index (χ0) is 22.1. The molecular weight excluding hydrogens is 404 g/mol. The van der Waals surface area contributed by atoms with E-state index in [9.17, 15) is 9.59 Å². The monoisotopic (exact) mass is 430 g/mol. The van der Waals surface area contributed by atoms with Crippen molar-refractivity contribution in [1.82, 2.24) is 20.1 Å². The summed E-state index contributed by atoms with van der Waals surface area (Å²) in [4.78, 5) is 25.5. The highest BCUT2D eigenvalue weighted by Crippen LogP contribution is 2.31. The summed E-state index contributed by atoms with van der Waals surface area (Å²) in [7, 11) is 0. The number of benzene rings is 2. The van der Waals surface area contributed by atoms with E-state index in [4.69, 9.17) is 4.74 Å². The maximum atomic E-state index is 13.0. The number of ether oxygens (including phenoxy) is 1. The molecular formula is C25H26N4O3. The lowest BCUT2D eigenvalue weighted by molar-refractivity contribution is 0.0252. The van der Waals surface area contributed by atoms with Gasteiger partial charge in [0.05, 0.1) is 11.6 Å². The van der Waals surface area contributed by atoms with Crippen molar-refractivity contribution < 1.29 is 14.3 Å². The number of hydrogen-bond acceptors (Lipinski definition) is 5. The molecule has 1 aromatic heterocycles. The summed E-state index contributed by atoms with van der Waals surface area (Å²) in [6.07, 6.45) is 4.53. The molecule has 0 aliphatic carbocycles. The minimum absolute atomic E-state index is 0.193. The Morgan fingerprint density at radius 1 is 1.12 bits per heavy atom. The number of aryl methyl sites for hydroxylation is 1. The summed E-state index contributed by atoms with van der Waals surface area (Å²) in [6, 6.07) is 14.6. The number of aromatic nitrogens is 3. The molecule has 2 aliphatic heterocycles. The van der Waals surface area contributed by atoms with Gasteiger partial charge in [-0.1, -0.05) is 36.8 Å². The first-order valence-corrected chi connectivity index (χ1v) is 11.2. The molecule has 3 aromatic rings. The van der Waals surface area contributed by atoms with Crippen LogP contribution in [0.2, 0.25) is 0 Å². The van der Waals surface area contributed by atoms with Gasteiger partial charge in [-0.05, 0) is 49.1 Å². The Kier molecular flexibility index (Phi) is 5.47. The number of nitrogens with zero attached hydrogens (tertiary/aromatic N) is 3. The molecule has 2 aromatic carbocycles. The van der Waals surface area contributed by atoms with Crippen molar-refractivity contribution in [2.75, 3.05) is 0 Å². The molecule has 7 heteroatoms. The quantitative estimate of drug-likeness (QED) is 0.634. The summed E-state index contributed by atoms with van der Waals surface area (Å²) in [6.45, 7) is 2.82. The highest BCUT2D eigenvalue weighted by Gasteiger charge is 2.28. The normalized spacial score (nSPS) is 18.7. The summed E-state index contributed by atoms with van der Waals surface area (Å²) in [5.41, 5.74) is 2.81. The van der Waals surface area contributed by atoms with Crippen molar-refractivity contribution in [2.24, 2.45) is 0 Å². The second kappa shape index (κ2) is 8.57. The van der Waals surface area contributed by atoms with E-state index in [1.165, 1.54) is 6.42 Å². The third kappa shape index (κ3) is 3.90. The van der Waals surface area contributed by atoms with E-state index in [2.05, 4.69) is 20.1 Å². The molecule has 5 rings (SSSR count). The Hall–Kier alpha value is -3.48. The number of rotatable bonds is 4. The molecule has 3 heterocycles. The van der Waals surface area contributed by atoms with E-state index in [1.807, 2.05) is 37.3 Å². The van der Waals surface area contributed by atoms with Crippen LogP contribution < -0.4 is 5.32 Å². The molecule has 0 fully saturated rings. The predicted octanol–water partition coefficient (Wildman–Crippen LogP) is 3.95. The largest absolute Gasteiger partial charge is 0.454 e. The molecule has 0 radical (unpaired) electrons. The molecule has 164 valence electrons. The lowest BCUT2D eigenvalue weighted by Crippen LogP contribution is -2.29. The van der Waals surface area contributed by atoms with Gasteiger partial charge in [-0.15, -0.1) is 10.2 Å². The van der Waals surface area contributed by atoms with Gasteiger partial charge in [0, 0.05) is 24.9 Å². The van der Waals surface area contributed by atoms with E-state index >= 15 is 0 Å². The van der Waals surface area contributed by atoms with Crippen LogP contribution in [-0.4, -0.2) is 26.6 Å². The number of amides is 1. The fourth-order valence-corrected chi connectivity index (χ4v) is 4.56. The molecule has 2 atom stereocenters. The lowest BCUT2D eigenvalue weighted by atomic mass is 9.93. The minimum Gasteiger partial charge on any atom is -0.454 e. The average Bonchev–Trinajstić information content (AvgIpc) is 3.07. The van der Waals surface area contributed by atoms with Crippen molar-refractivity contribution in [1.29, 1.82) is 0 Å². The summed E-state index contributed by atoms with van der Waals surface area (Å²) in [5, 5.41) is 11.7. The number of carbonyl (C=O) groups is 2.